The van der Waals surface area contributed by atoms with Crippen molar-refractivity contribution in [2.75, 3.05) is 13.7 Å². The number of benzene rings is 1. The van der Waals surface area contributed by atoms with Crippen LogP contribution in [0.5, 0.6) is 5.75 Å². The molecule has 0 aliphatic heterocycles. The second kappa shape index (κ2) is 6.98. The third-order valence-electron chi connectivity index (χ3n) is 2.79. The van der Waals surface area contributed by atoms with Crippen LogP contribution < -0.4 is 10.1 Å². The summed E-state index contributed by atoms with van der Waals surface area (Å²) < 4.78 is 5.44. The normalized spacial score (nSPS) is 11.9. The molecule has 1 aromatic rings. The Labute approximate surface area is 104 Å². The first-order valence-corrected chi connectivity index (χ1v) is 6.04. The van der Waals surface area contributed by atoms with E-state index in [-0.39, 0.29) is 6.04 Å². The molecule has 0 fully saturated rings. The van der Waals surface area contributed by atoms with Gasteiger partial charge in [0.1, 0.15) is 5.75 Å². The van der Waals surface area contributed by atoms with Crippen LogP contribution in [0.3, 0.4) is 0 Å². The standard InChI is InChI=1S/C15H21NO/c1-5-7-8-14(16-6-2)13-10-9-12(3)11-15(13)17-4/h1,9-11,14,16H,6-8H2,2-4H3. The molecule has 1 unspecified atom stereocenters. The maximum absolute atomic E-state index is 5.44. The van der Waals surface area contributed by atoms with Gasteiger partial charge in [-0.1, -0.05) is 19.1 Å². The third-order valence-corrected chi connectivity index (χ3v) is 2.79. The Bertz CT molecular complexity index is 392. The molecular formula is C15H21NO. The van der Waals surface area contributed by atoms with E-state index < -0.39 is 0 Å². The van der Waals surface area contributed by atoms with Gasteiger partial charge < -0.3 is 10.1 Å². The van der Waals surface area contributed by atoms with E-state index >= 15 is 0 Å². The maximum atomic E-state index is 5.44. The van der Waals surface area contributed by atoms with Crippen molar-refractivity contribution in [1.82, 2.24) is 5.32 Å². The summed E-state index contributed by atoms with van der Waals surface area (Å²) in [5, 5.41) is 3.45. The van der Waals surface area contributed by atoms with Gasteiger partial charge in [-0.3, -0.25) is 0 Å². The molecule has 0 amide bonds. The molecule has 92 valence electrons. The van der Waals surface area contributed by atoms with E-state index in [1.165, 1.54) is 11.1 Å². The summed E-state index contributed by atoms with van der Waals surface area (Å²) in [5.74, 6) is 3.63. The second-order valence-corrected chi connectivity index (χ2v) is 4.10. The van der Waals surface area contributed by atoms with Gasteiger partial charge in [-0.05, 0) is 31.5 Å². The summed E-state index contributed by atoms with van der Waals surface area (Å²) in [6, 6.07) is 6.57. The van der Waals surface area contributed by atoms with Gasteiger partial charge in [0.25, 0.3) is 0 Å². The topological polar surface area (TPSA) is 21.3 Å². The van der Waals surface area contributed by atoms with Crippen molar-refractivity contribution in [2.24, 2.45) is 0 Å². The van der Waals surface area contributed by atoms with Gasteiger partial charge in [-0.15, -0.1) is 12.3 Å². The lowest BCUT2D eigenvalue weighted by atomic mass is 9.99. The first-order chi connectivity index (χ1) is 8.22. The monoisotopic (exact) mass is 231 g/mol. The molecule has 2 heteroatoms. The largest absolute Gasteiger partial charge is 0.496 e. The smallest absolute Gasteiger partial charge is 0.123 e. The van der Waals surface area contributed by atoms with Crippen molar-refractivity contribution in [1.29, 1.82) is 0 Å². The molecule has 1 rings (SSSR count). The number of ether oxygens (including phenoxy) is 1. The Balaban J connectivity index is 2.96. The predicted octanol–water partition coefficient (Wildman–Crippen LogP) is 3.07. The van der Waals surface area contributed by atoms with E-state index in [4.69, 9.17) is 11.2 Å². The number of nitrogens with one attached hydrogen (secondary N) is 1. The van der Waals surface area contributed by atoms with Crippen molar-refractivity contribution >= 4 is 0 Å². The molecule has 0 saturated heterocycles. The van der Waals surface area contributed by atoms with Crippen LogP contribution in [-0.4, -0.2) is 13.7 Å². The molecule has 1 N–H and O–H groups in total. The molecule has 0 bridgehead atoms. The van der Waals surface area contributed by atoms with Crippen molar-refractivity contribution < 1.29 is 4.74 Å². The summed E-state index contributed by atoms with van der Waals surface area (Å²) >= 11 is 0. The maximum Gasteiger partial charge on any atom is 0.123 e. The summed E-state index contributed by atoms with van der Waals surface area (Å²) in [6.45, 7) is 5.09. The lowest BCUT2D eigenvalue weighted by Gasteiger charge is -2.20. The van der Waals surface area contributed by atoms with Gasteiger partial charge in [-0.25, -0.2) is 0 Å². The molecule has 0 aliphatic rings. The summed E-state index contributed by atoms with van der Waals surface area (Å²) in [6.07, 6.45) is 7.04. The number of terminal acetylenes is 1. The van der Waals surface area contributed by atoms with E-state index in [1.54, 1.807) is 7.11 Å². The number of rotatable bonds is 6. The molecule has 0 heterocycles. The van der Waals surface area contributed by atoms with Crippen molar-refractivity contribution in [3.8, 4) is 18.1 Å². The number of aryl methyl sites for hydroxylation is 1. The molecule has 0 radical (unpaired) electrons. The zero-order valence-electron chi connectivity index (χ0n) is 10.9. The highest BCUT2D eigenvalue weighted by molar-refractivity contribution is 5.39. The number of methoxy groups -OCH3 is 1. The van der Waals surface area contributed by atoms with Gasteiger partial charge in [0.05, 0.1) is 7.11 Å². The Morgan fingerprint density at radius 1 is 1.47 bits per heavy atom. The molecule has 17 heavy (non-hydrogen) atoms. The third kappa shape index (κ3) is 3.80. The van der Waals surface area contributed by atoms with Gasteiger partial charge in [-0.2, -0.15) is 0 Å². The van der Waals surface area contributed by atoms with Crippen LogP contribution >= 0.6 is 0 Å². The highest BCUT2D eigenvalue weighted by atomic mass is 16.5. The molecule has 0 aliphatic carbocycles. The molecule has 2 nitrogen and oxygen atoms in total. The SMILES string of the molecule is C#CCCC(NCC)c1ccc(C)cc1OC. The fraction of sp³-hybridized carbons (Fsp3) is 0.467. The average Bonchev–Trinajstić information content (AvgIpc) is 2.34. The number of hydrogen-bond donors (Lipinski definition) is 1. The molecular weight excluding hydrogens is 210 g/mol. The Kier molecular flexibility index (Phi) is 5.59. The van der Waals surface area contributed by atoms with Crippen molar-refractivity contribution in [2.45, 2.75) is 32.7 Å². The van der Waals surface area contributed by atoms with Gasteiger partial charge >= 0.3 is 0 Å². The van der Waals surface area contributed by atoms with E-state index in [0.29, 0.717) is 0 Å². The second-order valence-electron chi connectivity index (χ2n) is 4.10. The highest BCUT2D eigenvalue weighted by Crippen LogP contribution is 2.28. The molecule has 0 saturated carbocycles. The number of hydrogen-bond acceptors (Lipinski definition) is 2. The Morgan fingerprint density at radius 3 is 2.82 bits per heavy atom. The zero-order chi connectivity index (χ0) is 12.7. The summed E-state index contributed by atoms with van der Waals surface area (Å²) in [7, 11) is 1.71. The van der Waals surface area contributed by atoms with Crippen LogP contribution in [0.1, 0.15) is 36.9 Å². The van der Waals surface area contributed by atoms with Crippen LogP contribution in [0, 0.1) is 19.3 Å². The Morgan fingerprint density at radius 2 is 2.24 bits per heavy atom. The minimum atomic E-state index is 0.270. The lowest BCUT2D eigenvalue weighted by molar-refractivity contribution is 0.396. The predicted molar refractivity (Wildman–Crippen MR) is 72.2 cm³/mol. The first-order valence-electron chi connectivity index (χ1n) is 6.04. The quantitative estimate of drug-likeness (QED) is 0.760. The Hall–Kier alpha value is -1.46. The fourth-order valence-corrected chi connectivity index (χ4v) is 1.95. The van der Waals surface area contributed by atoms with Crippen molar-refractivity contribution in [3.05, 3.63) is 29.3 Å². The lowest BCUT2D eigenvalue weighted by Crippen LogP contribution is -2.21. The minimum Gasteiger partial charge on any atom is -0.496 e. The average molecular weight is 231 g/mol. The van der Waals surface area contributed by atoms with E-state index in [2.05, 4.69) is 43.3 Å². The van der Waals surface area contributed by atoms with E-state index in [1.807, 2.05) is 0 Å². The van der Waals surface area contributed by atoms with E-state index in [0.717, 1.165) is 25.1 Å². The first kappa shape index (κ1) is 13.6. The van der Waals surface area contributed by atoms with Gasteiger partial charge in [0.15, 0.2) is 0 Å². The fourth-order valence-electron chi connectivity index (χ4n) is 1.95. The van der Waals surface area contributed by atoms with Crippen molar-refractivity contribution in [3.63, 3.8) is 0 Å². The van der Waals surface area contributed by atoms with Crippen LogP contribution in [-0.2, 0) is 0 Å². The summed E-state index contributed by atoms with van der Waals surface area (Å²) in [5.41, 5.74) is 2.40. The van der Waals surface area contributed by atoms with Gasteiger partial charge in [0.2, 0.25) is 0 Å². The van der Waals surface area contributed by atoms with Gasteiger partial charge in [0, 0.05) is 18.0 Å². The van der Waals surface area contributed by atoms with E-state index in [9.17, 15) is 0 Å². The minimum absolute atomic E-state index is 0.270. The molecule has 1 atom stereocenters. The summed E-state index contributed by atoms with van der Waals surface area (Å²) in [4.78, 5) is 0. The van der Waals surface area contributed by atoms with Crippen LogP contribution in [0.2, 0.25) is 0 Å². The molecule has 0 spiro atoms. The van der Waals surface area contributed by atoms with Crippen LogP contribution in [0.25, 0.3) is 0 Å². The van der Waals surface area contributed by atoms with Crippen LogP contribution in [0.4, 0.5) is 0 Å². The molecule has 1 aromatic carbocycles. The highest BCUT2D eigenvalue weighted by Gasteiger charge is 2.14. The molecule has 0 aromatic heterocycles. The van der Waals surface area contributed by atoms with Crippen LogP contribution in [0.15, 0.2) is 18.2 Å². The zero-order valence-corrected chi connectivity index (χ0v) is 10.9.